The highest BCUT2D eigenvalue weighted by Gasteiger charge is 2.25. The third-order valence-electron chi connectivity index (χ3n) is 5.18. The molecule has 0 aliphatic heterocycles. The normalized spacial score (nSPS) is 12.2. The van der Waals surface area contributed by atoms with Crippen LogP contribution < -0.4 is 5.76 Å². The Kier molecular flexibility index (Phi) is 5.09. The minimum absolute atomic E-state index is 0.0922. The Bertz CT molecular complexity index is 1490. The topological polar surface area (TPSA) is 126 Å². The van der Waals surface area contributed by atoms with Gasteiger partial charge in [0.1, 0.15) is 23.1 Å². The summed E-state index contributed by atoms with van der Waals surface area (Å²) >= 11 is 0. The molecule has 0 bridgehead atoms. The van der Waals surface area contributed by atoms with Crippen molar-refractivity contribution in [2.24, 2.45) is 0 Å². The smallest absolute Gasteiger partial charge is 0.420 e. The quantitative estimate of drug-likeness (QED) is 0.357. The fourth-order valence-corrected chi connectivity index (χ4v) is 3.54. The van der Waals surface area contributed by atoms with Gasteiger partial charge in [0.25, 0.3) is 11.8 Å². The molecule has 33 heavy (non-hydrogen) atoms. The molecule has 0 radical (unpaired) electrons. The molecule has 0 spiro atoms. The number of benzene rings is 2. The SMILES string of the molecule is Cc1onc(-c2ccccc2)c1-c1nnc(COC(=O)[C@@H](C)n2c(=O)oc3ccccc32)o1. The van der Waals surface area contributed by atoms with Gasteiger partial charge in [0.05, 0.1) is 5.52 Å². The lowest BCUT2D eigenvalue weighted by Crippen LogP contribution is -2.26. The maximum absolute atomic E-state index is 12.6. The van der Waals surface area contributed by atoms with Gasteiger partial charge in [0, 0.05) is 5.56 Å². The Balaban J connectivity index is 1.33. The number of rotatable bonds is 6. The van der Waals surface area contributed by atoms with Crippen LogP contribution in [0, 0.1) is 6.92 Å². The van der Waals surface area contributed by atoms with Crippen LogP contribution in [0.1, 0.15) is 24.6 Å². The Labute approximate surface area is 186 Å². The second-order valence-corrected chi connectivity index (χ2v) is 7.32. The van der Waals surface area contributed by atoms with Crippen LogP contribution in [0.2, 0.25) is 0 Å². The number of nitrogens with zero attached hydrogens (tertiary/aromatic N) is 4. The van der Waals surface area contributed by atoms with Crippen LogP contribution in [0.5, 0.6) is 0 Å². The molecule has 0 aliphatic rings. The average Bonchev–Trinajstić information content (AvgIpc) is 3.53. The lowest BCUT2D eigenvalue weighted by molar-refractivity contribution is -0.149. The Morgan fingerprint density at radius 3 is 2.64 bits per heavy atom. The summed E-state index contributed by atoms with van der Waals surface area (Å²) in [6.45, 7) is 3.04. The molecule has 5 aromatic rings. The highest BCUT2D eigenvalue weighted by Crippen LogP contribution is 2.33. The van der Waals surface area contributed by atoms with Crippen LogP contribution in [0.15, 0.2) is 72.7 Å². The highest BCUT2D eigenvalue weighted by atomic mass is 16.5. The Morgan fingerprint density at radius 1 is 1.06 bits per heavy atom. The Hall–Kier alpha value is -4.47. The first-order valence-electron chi connectivity index (χ1n) is 10.1. The van der Waals surface area contributed by atoms with Gasteiger partial charge in [-0.05, 0) is 26.0 Å². The molecule has 10 nitrogen and oxygen atoms in total. The largest absolute Gasteiger partial charge is 0.454 e. The number of hydrogen-bond donors (Lipinski definition) is 0. The summed E-state index contributed by atoms with van der Waals surface area (Å²) in [5.41, 5.74) is 2.86. The number of fused-ring (bicyclic) bond motifs is 1. The van der Waals surface area contributed by atoms with Crippen molar-refractivity contribution >= 4 is 17.1 Å². The van der Waals surface area contributed by atoms with E-state index in [4.69, 9.17) is 18.1 Å². The lowest BCUT2D eigenvalue weighted by Gasteiger charge is -2.11. The number of carbonyl (C=O) groups excluding carboxylic acids is 1. The summed E-state index contributed by atoms with van der Waals surface area (Å²) in [6.07, 6.45) is 0. The Morgan fingerprint density at radius 2 is 1.82 bits per heavy atom. The number of hydrogen-bond acceptors (Lipinski definition) is 9. The van der Waals surface area contributed by atoms with E-state index in [1.807, 2.05) is 30.3 Å². The minimum atomic E-state index is -0.909. The van der Waals surface area contributed by atoms with E-state index in [-0.39, 0.29) is 18.4 Å². The summed E-state index contributed by atoms with van der Waals surface area (Å²) in [5.74, 6) is -0.481. The monoisotopic (exact) mass is 446 g/mol. The molecule has 0 N–H and O–H groups in total. The third kappa shape index (κ3) is 3.71. The molecular formula is C23H18N4O6. The molecule has 0 aliphatic carbocycles. The zero-order valence-electron chi connectivity index (χ0n) is 17.7. The van der Waals surface area contributed by atoms with Crippen molar-refractivity contribution in [2.45, 2.75) is 26.5 Å². The maximum atomic E-state index is 12.6. The van der Waals surface area contributed by atoms with Gasteiger partial charge < -0.3 is 18.1 Å². The zero-order valence-corrected chi connectivity index (χ0v) is 17.7. The van der Waals surface area contributed by atoms with Gasteiger partial charge >= 0.3 is 11.7 Å². The molecule has 3 aromatic heterocycles. The van der Waals surface area contributed by atoms with Crippen molar-refractivity contribution in [1.29, 1.82) is 0 Å². The molecule has 0 saturated carbocycles. The molecule has 166 valence electrons. The third-order valence-corrected chi connectivity index (χ3v) is 5.18. The maximum Gasteiger partial charge on any atom is 0.420 e. The fourth-order valence-electron chi connectivity index (χ4n) is 3.54. The van der Waals surface area contributed by atoms with Gasteiger partial charge in [-0.2, -0.15) is 0 Å². The first kappa shape index (κ1) is 20.4. The summed E-state index contributed by atoms with van der Waals surface area (Å²) in [4.78, 5) is 24.8. The van der Waals surface area contributed by atoms with Crippen molar-refractivity contribution in [2.75, 3.05) is 0 Å². The standard InChI is InChI=1S/C23H18N4O6/c1-13(27-16-10-6-7-11-17(16)31-23(27)29)22(28)30-12-18-24-25-21(32-18)19-14(2)33-26-20(19)15-8-4-3-5-9-15/h3-11,13H,12H2,1-2H3/t13-/m1/s1. The van der Waals surface area contributed by atoms with Crippen molar-refractivity contribution in [3.8, 4) is 22.7 Å². The van der Waals surface area contributed by atoms with Gasteiger partial charge in [-0.15, -0.1) is 10.2 Å². The zero-order chi connectivity index (χ0) is 22.9. The molecule has 2 aromatic carbocycles. The minimum Gasteiger partial charge on any atom is -0.454 e. The van der Waals surface area contributed by atoms with E-state index in [0.717, 1.165) is 5.56 Å². The number of oxazole rings is 1. The number of carbonyl (C=O) groups is 1. The van der Waals surface area contributed by atoms with E-state index in [1.54, 1.807) is 38.1 Å². The average molecular weight is 446 g/mol. The summed E-state index contributed by atoms with van der Waals surface area (Å²) in [7, 11) is 0. The molecule has 0 fully saturated rings. The lowest BCUT2D eigenvalue weighted by atomic mass is 10.1. The van der Waals surface area contributed by atoms with E-state index < -0.39 is 17.8 Å². The summed E-state index contributed by atoms with van der Waals surface area (Å²) in [5, 5.41) is 12.1. The summed E-state index contributed by atoms with van der Waals surface area (Å²) < 4.78 is 22.8. The number of aromatic nitrogens is 4. The predicted molar refractivity (Wildman–Crippen MR) is 115 cm³/mol. The molecule has 3 heterocycles. The van der Waals surface area contributed by atoms with E-state index in [2.05, 4.69) is 15.4 Å². The summed E-state index contributed by atoms with van der Waals surface area (Å²) in [6, 6.07) is 15.4. The second kappa shape index (κ2) is 8.23. The molecular weight excluding hydrogens is 428 g/mol. The van der Waals surface area contributed by atoms with E-state index in [1.165, 1.54) is 4.57 Å². The molecule has 1 atom stereocenters. The van der Waals surface area contributed by atoms with Crippen molar-refractivity contribution in [3.63, 3.8) is 0 Å². The van der Waals surface area contributed by atoms with Crippen LogP contribution in [0.3, 0.4) is 0 Å². The van der Waals surface area contributed by atoms with Crippen molar-refractivity contribution in [1.82, 2.24) is 19.9 Å². The number of aryl methyl sites for hydroxylation is 1. The second-order valence-electron chi connectivity index (χ2n) is 7.32. The van der Waals surface area contributed by atoms with Crippen LogP contribution in [-0.2, 0) is 16.1 Å². The first-order chi connectivity index (χ1) is 16.0. The molecule has 0 unspecified atom stereocenters. The predicted octanol–water partition coefficient (Wildman–Crippen LogP) is 3.91. The van der Waals surface area contributed by atoms with Gasteiger partial charge in [0.15, 0.2) is 12.2 Å². The van der Waals surface area contributed by atoms with Gasteiger partial charge in [-0.25, -0.2) is 9.59 Å². The van der Waals surface area contributed by atoms with Crippen LogP contribution in [0.25, 0.3) is 33.8 Å². The van der Waals surface area contributed by atoms with E-state index in [0.29, 0.717) is 28.1 Å². The molecule has 10 heteroatoms. The molecule has 5 rings (SSSR count). The first-order valence-corrected chi connectivity index (χ1v) is 10.1. The molecule has 0 saturated heterocycles. The van der Waals surface area contributed by atoms with Gasteiger partial charge in [-0.3, -0.25) is 4.57 Å². The van der Waals surface area contributed by atoms with Crippen molar-refractivity contribution in [3.05, 3.63) is 76.8 Å². The molecule has 0 amide bonds. The van der Waals surface area contributed by atoms with Gasteiger partial charge in [0.2, 0.25) is 0 Å². The van der Waals surface area contributed by atoms with Crippen molar-refractivity contribution < 1.29 is 22.9 Å². The van der Waals surface area contributed by atoms with Crippen LogP contribution in [0.4, 0.5) is 0 Å². The van der Waals surface area contributed by atoms with Gasteiger partial charge in [-0.1, -0.05) is 47.6 Å². The number of ether oxygens (including phenoxy) is 1. The highest BCUT2D eigenvalue weighted by molar-refractivity contribution is 5.79. The fraction of sp³-hybridized carbons (Fsp3) is 0.174. The number of esters is 1. The number of para-hydroxylation sites is 2. The van der Waals surface area contributed by atoms with E-state index in [9.17, 15) is 9.59 Å². The van der Waals surface area contributed by atoms with Crippen LogP contribution in [-0.4, -0.2) is 25.9 Å². The van der Waals surface area contributed by atoms with Crippen LogP contribution >= 0.6 is 0 Å². The van der Waals surface area contributed by atoms with E-state index >= 15 is 0 Å².